The van der Waals surface area contributed by atoms with Crippen molar-refractivity contribution in [2.75, 3.05) is 23.3 Å². The molecule has 0 radical (unpaired) electrons. The predicted molar refractivity (Wildman–Crippen MR) is 110 cm³/mol. The molecule has 0 unspecified atom stereocenters. The molecule has 3 aromatic rings. The zero-order valence-corrected chi connectivity index (χ0v) is 15.7. The quantitative estimate of drug-likeness (QED) is 0.680. The third-order valence-corrected chi connectivity index (χ3v) is 4.85. The van der Waals surface area contributed by atoms with E-state index in [0.717, 1.165) is 41.2 Å². The van der Waals surface area contributed by atoms with E-state index in [9.17, 15) is 9.59 Å². The minimum atomic E-state index is -0.451. The molecule has 0 saturated heterocycles. The third-order valence-electron chi connectivity index (χ3n) is 4.85. The zero-order chi connectivity index (χ0) is 18.8. The summed E-state index contributed by atoms with van der Waals surface area (Å²) in [6.45, 7) is 10.1. The molecule has 1 N–H and O–H groups in total. The summed E-state index contributed by atoms with van der Waals surface area (Å²) in [5.41, 5.74) is 4.92. The number of aryl methyl sites for hydroxylation is 2. The van der Waals surface area contributed by atoms with Gasteiger partial charge >= 0.3 is 0 Å². The molecule has 0 aliphatic heterocycles. The van der Waals surface area contributed by atoms with Gasteiger partial charge in [-0.3, -0.25) is 9.59 Å². The number of anilines is 3. The van der Waals surface area contributed by atoms with Crippen molar-refractivity contribution in [3.05, 3.63) is 74.0 Å². The Bertz CT molecular complexity index is 992. The Morgan fingerprint density at radius 3 is 2.12 bits per heavy atom. The maximum absolute atomic E-state index is 12.1. The minimum Gasteiger partial charge on any atom is -0.372 e. The normalized spacial score (nSPS) is 10.9. The summed E-state index contributed by atoms with van der Waals surface area (Å²) in [4.78, 5) is 26.5. The van der Waals surface area contributed by atoms with E-state index in [1.165, 1.54) is 0 Å². The van der Waals surface area contributed by atoms with Crippen LogP contribution in [0.2, 0.25) is 0 Å². The van der Waals surface area contributed by atoms with Crippen LogP contribution in [0.3, 0.4) is 0 Å². The van der Waals surface area contributed by atoms with Crippen LogP contribution in [0.4, 0.5) is 17.1 Å². The molecular weight excluding hydrogens is 324 g/mol. The summed E-state index contributed by atoms with van der Waals surface area (Å²) in [5.74, 6) is 0. The van der Waals surface area contributed by atoms with Crippen molar-refractivity contribution in [1.29, 1.82) is 0 Å². The molecule has 0 amide bonds. The maximum atomic E-state index is 12.1. The smallest absolute Gasteiger partial charge is 0.250 e. The van der Waals surface area contributed by atoms with E-state index in [2.05, 4.69) is 30.1 Å². The van der Waals surface area contributed by atoms with Crippen LogP contribution in [-0.4, -0.2) is 13.1 Å². The molecule has 0 heterocycles. The Labute approximate surface area is 153 Å². The summed E-state index contributed by atoms with van der Waals surface area (Å²) < 4.78 is 0. The van der Waals surface area contributed by atoms with Gasteiger partial charge in [-0.15, -0.1) is 0 Å². The van der Waals surface area contributed by atoms with E-state index in [4.69, 9.17) is 0 Å². The molecule has 0 saturated carbocycles. The van der Waals surface area contributed by atoms with Crippen molar-refractivity contribution in [3.63, 3.8) is 0 Å². The minimum absolute atomic E-state index is 0.387. The highest BCUT2D eigenvalue weighted by atomic mass is 16.2. The maximum Gasteiger partial charge on any atom is 0.250 e. The molecule has 134 valence electrons. The first kappa shape index (κ1) is 17.9. The first-order valence-corrected chi connectivity index (χ1v) is 8.99. The molecule has 0 fully saturated rings. The van der Waals surface area contributed by atoms with Crippen LogP contribution in [0.15, 0.2) is 52.1 Å². The number of nitrogens with one attached hydrogen (secondary N) is 1. The lowest BCUT2D eigenvalue weighted by Gasteiger charge is -2.23. The number of hydrogen-bond acceptors (Lipinski definition) is 4. The van der Waals surface area contributed by atoms with E-state index in [1.807, 2.05) is 50.2 Å². The summed E-state index contributed by atoms with van der Waals surface area (Å²) >= 11 is 0. The standard InChI is InChI=1S/C22H24N2O2/c1-5-24(6-2)17-11-12-18(15(4)13-17)23-20-19(21(25)22(20)26)16-9-7-14(3)8-10-16/h7-13,23H,5-6H2,1-4H3. The second kappa shape index (κ2) is 7.16. The number of benzene rings is 2. The topological polar surface area (TPSA) is 49.4 Å². The van der Waals surface area contributed by atoms with Gasteiger partial charge in [0.1, 0.15) is 5.69 Å². The van der Waals surface area contributed by atoms with Gasteiger partial charge < -0.3 is 10.2 Å². The van der Waals surface area contributed by atoms with Crippen molar-refractivity contribution in [3.8, 4) is 11.1 Å². The summed E-state index contributed by atoms with van der Waals surface area (Å²) in [6.07, 6.45) is 0. The molecule has 0 aliphatic rings. The van der Waals surface area contributed by atoms with Crippen LogP contribution >= 0.6 is 0 Å². The summed E-state index contributed by atoms with van der Waals surface area (Å²) in [5, 5.41) is 3.18. The Hall–Kier alpha value is -2.88. The highest BCUT2D eigenvalue weighted by molar-refractivity contribution is 5.85. The Morgan fingerprint density at radius 1 is 0.885 bits per heavy atom. The van der Waals surface area contributed by atoms with Gasteiger partial charge in [-0.1, -0.05) is 29.8 Å². The van der Waals surface area contributed by atoms with Crippen LogP contribution in [0.1, 0.15) is 25.0 Å². The first-order valence-electron chi connectivity index (χ1n) is 8.99. The van der Waals surface area contributed by atoms with Gasteiger partial charge in [-0.25, -0.2) is 0 Å². The Kier molecular flexibility index (Phi) is 4.94. The van der Waals surface area contributed by atoms with Crippen molar-refractivity contribution in [2.45, 2.75) is 27.7 Å². The zero-order valence-electron chi connectivity index (χ0n) is 15.7. The first-order chi connectivity index (χ1) is 12.5. The molecule has 0 spiro atoms. The molecule has 0 atom stereocenters. The van der Waals surface area contributed by atoms with Crippen LogP contribution in [0.25, 0.3) is 11.1 Å². The number of nitrogens with zero attached hydrogens (tertiary/aromatic N) is 1. The SMILES string of the molecule is CCN(CC)c1ccc(Nc2c(-c3ccc(C)cc3)c(=O)c2=O)c(C)c1. The summed E-state index contributed by atoms with van der Waals surface area (Å²) in [6, 6.07) is 13.8. The molecule has 0 bridgehead atoms. The molecule has 3 aromatic carbocycles. The highest BCUT2D eigenvalue weighted by Crippen LogP contribution is 2.29. The fourth-order valence-corrected chi connectivity index (χ4v) is 3.21. The van der Waals surface area contributed by atoms with Gasteiger partial charge in [0, 0.05) is 24.5 Å². The van der Waals surface area contributed by atoms with Crippen molar-refractivity contribution in [2.24, 2.45) is 0 Å². The van der Waals surface area contributed by atoms with Gasteiger partial charge in [-0.05, 0) is 57.0 Å². The average molecular weight is 348 g/mol. The number of rotatable bonds is 6. The van der Waals surface area contributed by atoms with Gasteiger partial charge in [0.15, 0.2) is 0 Å². The van der Waals surface area contributed by atoms with Crippen LogP contribution in [-0.2, 0) is 0 Å². The van der Waals surface area contributed by atoms with Crippen molar-refractivity contribution >= 4 is 17.1 Å². The van der Waals surface area contributed by atoms with Gasteiger partial charge in [0.2, 0.25) is 5.43 Å². The summed E-state index contributed by atoms with van der Waals surface area (Å²) in [7, 11) is 0. The van der Waals surface area contributed by atoms with E-state index >= 15 is 0 Å². The Morgan fingerprint density at radius 2 is 1.54 bits per heavy atom. The predicted octanol–water partition coefficient (Wildman–Crippen LogP) is 4.16. The van der Waals surface area contributed by atoms with Gasteiger partial charge in [0.25, 0.3) is 5.43 Å². The van der Waals surface area contributed by atoms with Crippen molar-refractivity contribution < 1.29 is 0 Å². The average Bonchev–Trinajstić information content (AvgIpc) is 2.65. The monoisotopic (exact) mass is 348 g/mol. The molecule has 3 rings (SSSR count). The lowest BCUT2D eigenvalue weighted by molar-refractivity contribution is 0.866. The largest absolute Gasteiger partial charge is 0.372 e. The molecule has 26 heavy (non-hydrogen) atoms. The molecular formula is C22H24N2O2. The fourth-order valence-electron chi connectivity index (χ4n) is 3.21. The molecule has 0 aliphatic carbocycles. The third kappa shape index (κ3) is 3.15. The highest BCUT2D eigenvalue weighted by Gasteiger charge is 2.22. The molecule has 4 heteroatoms. The molecule has 4 nitrogen and oxygen atoms in total. The van der Waals surface area contributed by atoms with E-state index < -0.39 is 10.9 Å². The lowest BCUT2D eigenvalue weighted by Crippen LogP contribution is -2.35. The van der Waals surface area contributed by atoms with Crippen LogP contribution in [0.5, 0.6) is 0 Å². The van der Waals surface area contributed by atoms with E-state index in [1.54, 1.807) is 0 Å². The van der Waals surface area contributed by atoms with E-state index in [-0.39, 0.29) is 0 Å². The van der Waals surface area contributed by atoms with Gasteiger partial charge in [-0.2, -0.15) is 0 Å². The van der Waals surface area contributed by atoms with Crippen molar-refractivity contribution in [1.82, 2.24) is 0 Å². The molecule has 0 aromatic heterocycles. The van der Waals surface area contributed by atoms with E-state index in [0.29, 0.717) is 11.3 Å². The van der Waals surface area contributed by atoms with Gasteiger partial charge in [0.05, 0.1) is 5.56 Å². The van der Waals surface area contributed by atoms with Crippen LogP contribution in [0, 0.1) is 13.8 Å². The second-order valence-corrected chi connectivity index (χ2v) is 6.57. The Balaban J connectivity index is 1.93. The second-order valence-electron chi connectivity index (χ2n) is 6.57. The number of hydrogen-bond donors (Lipinski definition) is 1. The lowest BCUT2D eigenvalue weighted by atomic mass is 9.97. The fraction of sp³-hybridized carbons (Fsp3) is 0.273. The van der Waals surface area contributed by atoms with Crippen LogP contribution < -0.4 is 21.1 Å².